The minimum atomic E-state index is -1.13. The number of carbonyl (C=O) groups is 2. The lowest BCUT2D eigenvalue weighted by Gasteiger charge is -2.28. The number of aliphatic hydroxyl groups is 1. The molecule has 0 radical (unpaired) electrons. The van der Waals surface area contributed by atoms with Crippen molar-refractivity contribution in [3.63, 3.8) is 0 Å². The first-order valence-electron chi connectivity index (χ1n) is 7.54. The molecular formula is C14H24N2O4. The first-order chi connectivity index (χ1) is 9.53. The fraction of sp³-hybridized carbons (Fsp3) is 0.857. The summed E-state index contributed by atoms with van der Waals surface area (Å²) in [6.07, 6.45) is 6.50. The van der Waals surface area contributed by atoms with Crippen molar-refractivity contribution in [3.05, 3.63) is 0 Å². The number of urea groups is 1. The van der Waals surface area contributed by atoms with Crippen LogP contribution in [0.5, 0.6) is 0 Å². The van der Waals surface area contributed by atoms with Gasteiger partial charge in [0.1, 0.15) is 5.54 Å². The van der Waals surface area contributed by atoms with E-state index < -0.39 is 23.6 Å². The minimum absolute atomic E-state index is 0.273. The molecule has 114 valence electrons. The lowest BCUT2D eigenvalue weighted by molar-refractivity contribution is -0.144. The number of aliphatic hydroxyl groups excluding tert-OH is 1. The zero-order valence-electron chi connectivity index (χ0n) is 11.7. The number of hydrogen-bond acceptors (Lipinski definition) is 3. The van der Waals surface area contributed by atoms with Crippen LogP contribution in [0.2, 0.25) is 0 Å². The first kappa shape index (κ1) is 15.1. The quantitative estimate of drug-likeness (QED) is 0.588. The van der Waals surface area contributed by atoms with Crippen LogP contribution < -0.4 is 10.6 Å². The average Bonchev–Trinajstić information content (AvgIpc) is 2.77. The van der Waals surface area contributed by atoms with Gasteiger partial charge in [0.25, 0.3) is 0 Å². The third kappa shape index (κ3) is 3.42. The maximum absolute atomic E-state index is 12.0. The van der Waals surface area contributed by atoms with Crippen LogP contribution in [0.25, 0.3) is 0 Å². The summed E-state index contributed by atoms with van der Waals surface area (Å²) in [6.45, 7) is 0. The minimum Gasteiger partial charge on any atom is -0.480 e. The van der Waals surface area contributed by atoms with Crippen LogP contribution in [0.3, 0.4) is 0 Å². The molecule has 2 atom stereocenters. The molecule has 0 aromatic rings. The van der Waals surface area contributed by atoms with Gasteiger partial charge in [0.05, 0.1) is 12.1 Å². The number of carboxylic acid groups (broad SMARTS) is 1. The second-order valence-electron chi connectivity index (χ2n) is 6.00. The molecule has 0 aromatic heterocycles. The zero-order chi connectivity index (χ0) is 14.6. The maximum Gasteiger partial charge on any atom is 0.329 e. The van der Waals surface area contributed by atoms with E-state index in [-0.39, 0.29) is 6.04 Å². The van der Waals surface area contributed by atoms with Crippen molar-refractivity contribution in [2.75, 3.05) is 0 Å². The van der Waals surface area contributed by atoms with E-state index in [9.17, 15) is 19.8 Å². The van der Waals surface area contributed by atoms with Crippen molar-refractivity contribution in [2.24, 2.45) is 0 Å². The van der Waals surface area contributed by atoms with Crippen molar-refractivity contribution in [2.45, 2.75) is 75.5 Å². The Bertz CT molecular complexity index is 366. The molecule has 2 aliphatic carbocycles. The number of aliphatic carboxylic acids is 1. The maximum atomic E-state index is 12.0. The van der Waals surface area contributed by atoms with Crippen LogP contribution in [-0.2, 0) is 4.79 Å². The van der Waals surface area contributed by atoms with Crippen LogP contribution in [-0.4, -0.2) is 39.9 Å². The molecule has 2 fully saturated rings. The molecule has 0 aliphatic heterocycles. The second kappa shape index (κ2) is 6.43. The Morgan fingerprint density at radius 3 is 2.30 bits per heavy atom. The SMILES string of the molecule is O=C(NC1CCCCCC1O)NC1(C(=O)O)CCCC1. The van der Waals surface area contributed by atoms with E-state index in [1.54, 1.807) is 0 Å². The highest BCUT2D eigenvalue weighted by Crippen LogP contribution is 2.30. The van der Waals surface area contributed by atoms with Gasteiger partial charge in [0, 0.05) is 0 Å². The fourth-order valence-electron chi connectivity index (χ4n) is 3.25. The topological polar surface area (TPSA) is 98.7 Å². The Hall–Kier alpha value is -1.30. The molecule has 0 aromatic carbocycles. The molecule has 2 saturated carbocycles. The number of nitrogens with one attached hydrogen (secondary N) is 2. The van der Waals surface area contributed by atoms with Crippen molar-refractivity contribution >= 4 is 12.0 Å². The first-order valence-corrected chi connectivity index (χ1v) is 7.54. The van der Waals surface area contributed by atoms with Crippen molar-refractivity contribution < 1.29 is 19.8 Å². The van der Waals surface area contributed by atoms with Gasteiger partial charge in [-0.1, -0.05) is 32.1 Å². The smallest absolute Gasteiger partial charge is 0.329 e. The molecule has 0 heterocycles. The van der Waals surface area contributed by atoms with Crippen molar-refractivity contribution in [1.29, 1.82) is 0 Å². The summed E-state index contributed by atoms with van der Waals surface area (Å²) in [5, 5.41) is 24.7. The summed E-state index contributed by atoms with van der Waals surface area (Å²) < 4.78 is 0. The zero-order valence-corrected chi connectivity index (χ0v) is 11.7. The van der Waals surface area contributed by atoms with Gasteiger partial charge in [0.2, 0.25) is 0 Å². The summed E-state index contributed by atoms with van der Waals surface area (Å²) in [5.74, 6) is -0.966. The number of carboxylic acids is 1. The molecule has 2 rings (SSSR count). The van der Waals surface area contributed by atoms with Gasteiger partial charge in [-0.15, -0.1) is 0 Å². The van der Waals surface area contributed by atoms with Gasteiger partial charge in [-0.05, 0) is 25.7 Å². The molecule has 2 amide bonds. The van der Waals surface area contributed by atoms with Crippen LogP contribution in [0.4, 0.5) is 4.79 Å². The predicted molar refractivity (Wildman–Crippen MR) is 73.4 cm³/mol. The molecule has 2 aliphatic rings. The number of amides is 2. The Morgan fingerprint density at radius 2 is 1.65 bits per heavy atom. The highest BCUT2D eigenvalue weighted by molar-refractivity contribution is 5.86. The van der Waals surface area contributed by atoms with Gasteiger partial charge in [-0.3, -0.25) is 0 Å². The summed E-state index contributed by atoms with van der Waals surface area (Å²) >= 11 is 0. The second-order valence-corrected chi connectivity index (χ2v) is 6.00. The summed E-state index contributed by atoms with van der Waals surface area (Å²) in [6, 6.07) is -0.745. The highest BCUT2D eigenvalue weighted by Gasteiger charge is 2.43. The highest BCUT2D eigenvalue weighted by atomic mass is 16.4. The van der Waals surface area contributed by atoms with E-state index >= 15 is 0 Å². The summed E-state index contributed by atoms with van der Waals surface area (Å²) in [5.41, 5.74) is -1.13. The Kier molecular flexibility index (Phi) is 4.86. The van der Waals surface area contributed by atoms with E-state index in [4.69, 9.17) is 0 Å². The van der Waals surface area contributed by atoms with E-state index in [0.717, 1.165) is 38.5 Å². The van der Waals surface area contributed by atoms with Gasteiger partial charge in [-0.25, -0.2) is 9.59 Å². The molecule has 6 heteroatoms. The third-order valence-corrected chi connectivity index (χ3v) is 4.52. The van der Waals surface area contributed by atoms with Gasteiger partial charge in [-0.2, -0.15) is 0 Å². The number of hydrogen-bond donors (Lipinski definition) is 4. The van der Waals surface area contributed by atoms with Crippen molar-refractivity contribution in [3.8, 4) is 0 Å². The molecule has 0 bridgehead atoms. The molecule has 2 unspecified atom stereocenters. The molecule has 0 saturated heterocycles. The number of rotatable bonds is 3. The Balaban J connectivity index is 1.92. The molecule has 4 N–H and O–H groups in total. The standard InChI is InChI=1S/C14H24N2O4/c17-11-7-3-1-2-6-10(11)15-13(20)16-14(12(18)19)8-4-5-9-14/h10-11,17H,1-9H2,(H,18,19)(H2,15,16,20). The lowest BCUT2D eigenvalue weighted by Crippen LogP contribution is -2.58. The molecular weight excluding hydrogens is 260 g/mol. The fourth-order valence-corrected chi connectivity index (χ4v) is 3.25. The van der Waals surface area contributed by atoms with Crippen molar-refractivity contribution in [1.82, 2.24) is 10.6 Å². The predicted octanol–water partition coefficient (Wildman–Crippen LogP) is 1.38. The van der Waals surface area contributed by atoms with Crippen LogP contribution >= 0.6 is 0 Å². The van der Waals surface area contributed by atoms with Crippen LogP contribution in [0.15, 0.2) is 0 Å². The van der Waals surface area contributed by atoms with Crippen LogP contribution in [0.1, 0.15) is 57.8 Å². The number of carbonyl (C=O) groups excluding carboxylic acids is 1. The van der Waals surface area contributed by atoms with Gasteiger partial charge >= 0.3 is 12.0 Å². The normalized spacial score (nSPS) is 29.4. The molecule has 20 heavy (non-hydrogen) atoms. The van der Waals surface area contributed by atoms with E-state index in [2.05, 4.69) is 10.6 Å². The molecule has 0 spiro atoms. The lowest BCUT2D eigenvalue weighted by atomic mass is 9.98. The van der Waals surface area contributed by atoms with E-state index in [1.807, 2.05) is 0 Å². The van der Waals surface area contributed by atoms with Crippen LogP contribution in [0, 0.1) is 0 Å². The van der Waals surface area contributed by atoms with E-state index in [0.29, 0.717) is 19.3 Å². The monoisotopic (exact) mass is 284 g/mol. The third-order valence-electron chi connectivity index (χ3n) is 4.52. The van der Waals surface area contributed by atoms with Gasteiger partial charge in [0.15, 0.2) is 0 Å². The average molecular weight is 284 g/mol. The summed E-state index contributed by atoms with van der Waals surface area (Å²) in [7, 11) is 0. The van der Waals surface area contributed by atoms with Gasteiger partial charge < -0.3 is 20.8 Å². The Morgan fingerprint density at radius 1 is 1.00 bits per heavy atom. The van der Waals surface area contributed by atoms with E-state index in [1.165, 1.54) is 0 Å². The summed E-state index contributed by atoms with van der Waals surface area (Å²) in [4.78, 5) is 23.4. The Labute approximate surface area is 118 Å². The largest absolute Gasteiger partial charge is 0.480 e. The molecule has 6 nitrogen and oxygen atoms in total.